The molecule has 0 amide bonds. The van der Waals surface area contributed by atoms with E-state index in [1.807, 2.05) is 32.8 Å². The largest absolute Gasteiger partial charge is 0.459 e. The average Bonchev–Trinajstić information content (AvgIpc) is 3.09. The summed E-state index contributed by atoms with van der Waals surface area (Å²) in [6, 6.07) is -0.283. The number of aliphatic hydroxyl groups excluding tert-OH is 3. The Hall–Kier alpha value is -1.30. The summed E-state index contributed by atoms with van der Waals surface area (Å²) in [7, 11) is 6.77. The van der Waals surface area contributed by atoms with Gasteiger partial charge in [0.15, 0.2) is 12.6 Å². The molecule has 3 aliphatic rings. The number of hydrogen-bond acceptors (Lipinski definition) is 14. The summed E-state index contributed by atoms with van der Waals surface area (Å²) in [4.78, 5) is 30.1. The van der Waals surface area contributed by atoms with Gasteiger partial charge in [-0.15, -0.1) is 0 Å². The molecular weight excluding hydrogens is 678 g/mol. The maximum absolute atomic E-state index is 14.2. The van der Waals surface area contributed by atoms with E-state index in [0.29, 0.717) is 6.42 Å². The topological polar surface area (TPSA) is 183 Å². The van der Waals surface area contributed by atoms with Crippen LogP contribution in [0.25, 0.3) is 0 Å². The molecule has 0 aromatic carbocycles. The fourth-order valence-electron chi connectivity index (χ4n) is 8.58. The van der Waals surface area contributed by atoms with E-state index in [-0.39, 0.29) is 37.2 Å². The van der Waals surface area contributed by atoms with Gasteiger partial charge in [0.25, 0.3) is 0 Å². The van der Waals surface area contributed by atoms with E-state index in [1.165, 1.54) is 21.1 Å². The van der Waals surface area contributed by atoms with E-state index in [4.69, 9.17) is 33.2 Å². The molecule has 3 rings (SSSR count). The molecule has 304 valence electrons. The minimum atomic E-state index is -1.96. The Balaban J connectivity index is 2.22. The molecule has 0 saturated carbocycles. The van der Waals surface area contributed by atoms with Gasteiger partial charge in [-0.2, -0.15) is 0 Å². The van der Waals surface area contributed by atoms with Gasteiger partial charge in [0.05, 0.1) is 47.6 Å². The third kappa shape index (κ3) is 9.38. The summed E-state index contributed by atoms with van der Waals surface area (Å²) in [6.07, 6.45) is -8.73. The molecule has 52 heavy (non-hydrogen) atoms. The van der Waals surface area contributed by atoms with Crippen LogP contribution in [0.5, 0.6) is 0 Å². The molecule has 14 nitrogen and oxygen atoms in total. The van der Waals surface area contributed by atoms with Gasteiger partial charge in [-0.25, -0.2) is 0 Å². The number of esters is 1. The Kier molecular flexibility index (Phi) is 15.3. The molecule has 10 unspecified atom stereocenters. The zero-order valence-electron chi connectivity index (χ0n) is 33.9. The number of cyclic esters (lactones) is 1. The van der Waals surface area contributed by atoms with Crippen LogP contribution in [0.15, 0.2) is 0 Å². The fourth-order valence-corrected chi connectivity index (χ4v) is 8.58. The standard InChI is InChI=1S/C38H69NO13/c1-15-26-38(10,45)31(42)21(4)28(40)19(2)17-37(9,47-14)33(52-35-29(41)25(39(11)12)16-20(3)48-35)22(5)30(23(6)34(44)50-26)51-27-18-36(8,46-13)32(43)24(7)49-27/h19-27,29-33,35,41-43,45H,15-18H2,1-14H3/t19?,20-,21?,22?,23?,24+,25+,26?,27+,29-,30?,31?,32+,33?,35+,36-,37?,38?/m1/s1. The molecular formula is C38H69NO13. The fraction of sp³-hybridized carbons (Fsp3) is 0.947. The maximum Gasteiger partial charge on any atom is 0.311 e. The van der Waals surface area contributed by atoms with Crippen LogP contribution in [0.1, 0.15) is 94.9 Å². The second-order valence-electron chi connectivity index (χ2n) is 16.6. The van der Waals surface area contributed by atoms with Crippen molar-refractivity contribution in [3.63, 3.8) is 0 Å². The zero-order valence-corrected chi connectivity index (χ0v) is 33.9. The Morgan fingerprint density at radius 1 is 0.846 bits per heavy atom. The molecule has 3 saturated heterocycles. The number of carbonyl (C=O) groups is 2. The zero-order chi connectivity index (χ0) is 39.7. The number of ether oxygens (including phenoxy) is 7. The quantitative estimate of drug-likeness (QED) is 0.266. The highest BCUT2D eigenvalue weighted by atomic mass is 16.7. The molecule has 0 aliphatic carbocycles. The predicted molar refractivity (Wildman–Crippen MR) is 191 cm³/mol. The van der Waals surface area contributed by atoms with Crippen molar-refractivity contribution in [3.8, 4) is 0 Å². The monoisotopic (exact) mass is 747 g/mol. The highest BCUT2D eigenvalue weighted by Gasteiger charge is 2.54. The SMILES string of the molecule is CCC1OC(=O)C(C)C(O[C@H]2C[C@@](C)(OC)[C@@H](O)[C@H](C)O2)C(C)C(O[C@@H]2O[C@H](C)C[C@H](N(C)C)[C@H]2O)C(C)(OC)CC(C)C(=O)C(C)C(O)C1(C)O. The summed E-state index contributed by atoms with van der Waals surface area (Å²) in [5, 5.41) is 45.6. The number of likely N-dealkylation sites (N-methyl/N-ethyl adjacent to an activating group) is 1. The highest BCUT2D eigenvalue weighted by molar-refractivity contribution is 5.83. The van der Waals surface area contributed by atoms with E-state index in [0.717, 1.165) is 0 Å². The van der Waals surface area contributed by atoms with Crippen molar-refractivity contribution >= 4 is 11.8 Å². The number of ketones is 1. The Morgan fingerprint density at radius 3 is 1.98 bits per heavy atom. The van der Waals surface area contributed by atoms with E-state index in [1.54, 1.807) is 48.5 Å². The minimum absolute atomic E-state index is 0.111. The molecule has 0 aromatic rings. The van der Waals surface area contributed by atoms with Crippen molar-refractivity contribution < 1.29 is 63.2 Å². The molecule has 0 spiro atoms. The first-order chi connectivity index (χ1) is 24.0. The van der Waals surface area contributed by atoms with Crippen LogP contribution in [-0.4, -0.2) is 150 Å². The van der Waals surface area contributed by atoms with Crippen molar-refractivity contribution in [1.29, 1.82) is 0 Å². The first-order valence-corrected chi connectivity index (χ1v) is 18.9. The number of carbonyl (C=O) groups excluding carboxylic acids is 2. The predicted octanol–water partition coefficient (Wildman–Crippen LogP) is 2.44. The highest BCUT2D eigenvalue weighted by Crippen LogP contribution is 2.41. The lowest BCUT2D eigenvalue weighted by Gasteiger charge is -2.50. The first kappa shape index (κ1) is 45.1. The third-order valence-electron chi connectivity index (χ3n) is 12.3. The van der Waals surface area contributed by atoms with Gasteiger partial charge < -0.3 is 58.5 Å². The molecule has 3 heterocycles. The lowest BCUT2D eigenvalue weighted by molar-refractivity contribution is -0.319. The van der Waals surface area contributed by atoms with Crippen molar-refractivity contribution in [2.45, 2.75) is 179 Å². The normalized spacial score (nSPS) is 49.0. The second kappa shape index (κ2) is 17.7. The average molecular weight is 748 g/mol. The molecule has 3 fully saturated rings. The van der Waals surface area contributed by atoms with E-state index >= 15 is 0 Å². The van der Waals surface area contributed by atoms with Gasteiger partial charge in [-0.3, -0.25) is 9.59 Å². The van der Waals surface area contributed by atoms with Crippen molar-refractivity contribution in [2.24, 2.45) is 23.7 Å². The summed E-state index contributed by atoms with van der Waals surface area (Å²) in [5.41, 5.74) is -4.24. The van der Waals surface area contributed by atoms with E-state index in [2.05, 4.69) is 0 Å². The molecule has 0 radical (unpaired) electrons. The molecule has 0 aromatic heterocycles. The molecule has 14 heteroatoms. The van der Waals surface area contributed by atoms with Gasteiger partial charge in [0, 0.05) is 44.4 Å². The number of methoxy groups -OCH3 is 2. The van der Waals surface area contributed by atoms with Gasteiger partial charge >= 0.3 is 5.97 Å². The van der Waals surface area contributed by atoms with Crippen LogP contribution in [0.2, 0.25) is 0 Å². The lowest BCUT2D eigenvalue weighted by Crippen LogP contribution is -2.61. The summed E-state index contributed by atoms with van der Waals surface area (Å²) in [6.45, 7) is 17.1. The van der Waals surface area contributed by atoms with Crippen molar-refractivity contribution in [2.75, 3.05) is 28.3 Å². The Morgan fingerprint density at radius 2 is 1.44 bits per heavy atom. The summed E-state index contributed by atoms with van der Waals surface area (Å²) >= 11 is 0. The summed E-state index contributed by atoms with van der Waals surface area (Å²) < 4.78 is 43.9. The van der Waals surface area contributed by atoms with Gasteiger partial charge in [-0.05, 0) is 74.9 Å². The van der Waals surface area contributed by atoms with Crippen LogP contribution < -0.4 is 0 Å². The van der Waals surface area contributed by atoms with Gasteiger partial charge in [0.1, 0.15) is 29.7 Å². The van der Waals surface area contributed by atoms with E-state index in [9.17, 15) is 30.0 Å². The second-order valence-corrected chi connectivity index (χ2v) is 16.6. The molecule has 18 atom stereocenters. The van der Waals surface area contributed by atoms with Crippen LogP contribution in [0, 0.1) is 23.7 Å². The van der Waals surface area contributed by atoms with Crippen LogP contribution >= 0.6 is 0 Å². The van der Waals surface area contributed by atoms with Gasteiger partial charge in [0.2, 0.25) is 0 Å². The first-order valence-electron chi connectivity index (χ1n) is 18.9. The van der Waals surface area contributed by atoms with Crippen molar-refractivity contribution in [3.05, 3.63) is 0 Å². The van der Waals surface area contributed by atoms with Crippen LogP contribution in [0.4, 0.5) is 0 Å². The van der Waals surface area contributed by atoms with Crippen LogP contribution in [-0.2, 0) is 42.7 Å². The smallest absolute Gasteiger partial charge is 0.311 e. The minimum Gasteiger partial charge on any atom is -0.459 e. The third-order valence-corrected chi connectivity index (χ3v) is 12.3. The number of aliphatic hydroxyl groups is 4. The van der Waals surface area contributed by atoms with Crippen molar-refractivity contribution in [1.82, 2.24) is 4.90 Å². The molecule has 3 aliphatic heterocycles. The maximum atomic E-state index is 14.2. The summed E-state index contributed by atoms with van der Waals surface area (Å²) in [5.74, 6) is -4.47. The Labute approximate surface area is 310 Å². The number of rotatable bonds is 8. The number of hydrogen-bond donors (Lipinski definition) is 4. The van der Waals surface area contributed by atoms with E-state index < -0.39 is 102 Å². The molecule has 4 N–H and O–H groups in total. The Bertz CT molecular complexity index is 1190. The molecule has 0 bridgehead atoms. The van der Waals surface area contributed by atoms with Gasteiger partial charge in [-0.1, -0.05) is 27.7 Å². The number of nitrogens with zero attached hydrogens (tertiary/aromatic N) is 1. The lowest BCUT2D eigenvalue weighted by atomic mass is 9.74. The number of Topliss-reactive ketones (excluding diaryl/α,β-unsaturated/α-hetero) is 1. The van der Waals surface area contributed by atoms with Crippen LogP contribution in [0.3, 0.4) is 0 Å².